The highest BCUT2D eigenvalue weighted by Crippen LogP contribution is 2.11. The van der Waals surface area contributed by atoms with Crippen molar-refractivity contribution in [2.24, 2.45) is 0 Å². The first-order chi connectivity index (χ1) is 12.3. The second-order valence-corrected chi connectivity index (χ2v) is 7.80. The average molecular weight is 350 g/mol. The van der Waals surface area contributed by atoms with Crippen LogP contribution in [-0.2, 0) is 0 Å². The quantitative estimate of drug-likeness (QED) is 0.169. The Morgan fingerprint density at radius 1 is 0.520 bits per heavy atom. The molecule has 0 fully saturated rings. The minimum Gasteiger partial charge on any atom is -0.309 e. The van der Waals surface area contributed by atoms with E-state index in [1.807, 2.05) is 0 Å². The van der Waals surface area contributed by atoms with E-state index in [0.29, 0.717) is 0 Å². The lowest BCUT2D eigenvalue weighted by atomic mass is 10.1. The molecule has 0 aromatic rings. The zero-order chi connectivity index (χ0) is 18.4. The van der Waals surface area contributed by atoms with Gasteiger partial charge in [0.2, 0.25) is 0 Å². The van der Waals surface area contributed by atoms with Crippen molar-refractivity contribution >= 4 is 0 Å². The molecule has 0 atom stereocenters. The molecule has 0 saturated heterocycles. The van der Waals surface area contributed by atoms with Crippen LogP contribution in [0.15, 0.2) is 24.3 Å². The van der Waals surface area contributed by atoms with E-state index in [1.54, 1.807) is 0 Å². The lowest BCUT2D eigenvalue weighted by molar-refractivity contribution is 0.389. The van der Waals surface area contributed by atoms with Crippen LogP contribution in [0.3, 0.4) is 0 Å². The number of hydrogen-bond acceptors (Lipinski definition) is 1. The number of rotatable bonds is 19. The van der Waals surface area contributed by atoms with E-state index in [0.717, 1.165) is 6.42 Å². The SMILES string of the molecule is CCCCC/C=C/C/C=C/CCCCCCCCCCCCN(C)C. The predicted octanol–water partition coefficient (Wildman–Crippen LogP) is 7.92. The fourth-order valence-electron chi connectivity index (χ4n) is 3.12. The molecule has 0 saturated carbocycles. The molecule has 0 radical (unpaired) electrons. The van der Waals surface area contributed by atoms with Gasteiger partial charge in [0.15, 0.2) is 0 Å². The summed E-state index contributed by atoms with van der Waals surface area (Å²) in [5.41, 5.74) is 0. The minimum atomic E-state index is 1.13. The summed E-state index contributed by atoms with van der Waals surface area (Å²) >= 11 is 0. The van der Waals surface area contributed by atoms with Crippen LogP contribution in [-0.4, -0.2) is 25.5 Å². The van der Waals surface area contributed by atoms with Crippen LogP contribution in [0.1, 0.15) is 110 Å². The highest BCUT2D eigenvalue weighted by atomic mass is 15.0. The van der Waals surface area contributed by atoms with Gasteiger partial charge in [-0.3, -0.25) is 0 Å². The first-order valence-electron chi connectivity index (χ1n) is 11.2. The molecule has 0 aliphatic heterocycles. The van der Waals surface area contributed by atoms with Crippen LogP contribution >= 0.6 is 0 Å². The third-order valence-electron chi connectivity index (χ3n) is 4.81. The Hall–Kier alpha value is -0.560. The molecule has 0 unspecified atom stereocenters. The molecule has 0 aromatic heterocycles. The van der Waals surface area contributed by atoms with Crippen molar-refractivity contribution in [1.82, 2.24) is 4.90 Å². The van der Waals surface area contributed by atoms with Gasteiger partial charge < -0.3 is 4.90 Å². The summed E-state index contributed by atoms with van der Waals surface area (Å²) in [4.78, 5) is 2.29. The van der Waals surface area contributed by atoms with Crippen molar-refractivity contribution in [2.75, 3.05) is 20.6 Å². The molecular formula is C24H47N. The summed E-state index contributed by atoms with van der Waals surface area (Å²) < 4.78 is 0. The van der Waals surface area contributed by atoms with Crippen molar-refractivity contribution in [2.45, 2.75) is 110 Å². The molecule has 1 nitrogen and oxygen atoms in total. The van der Waals surface area contributed by atoms with Gasteiger partial charge in [-0.05, 0) is 59.2 Å². The van der Waals surface area contributed by atoms with Crippen LogP contribution in [0.5, 0.6) is 0 Å². The second-order valence-electron chi connectivity index (χ2n) is 7.80. The van der Waals surface area contributed by atoms with E-state index in [4.69, 9.17) is 0 Å². The summed E-state index contributed by atoms with van der Waals surface area (Å²) in [7, 11) is 4.34. The van der Waals surface area contributed by atoms with E-state index in [2.05, 4.69) is 50.2 Å². The van der Waals surface area contributed by atoms with Crippen LogP contribution in [0.25, 0.3) is 0 Å². The molecule has 0 N–H and O–H groups in total. The molecule has 0 rings (SSSR count). The van der Waals surface area contributed by atoms with Crippen LogP contribution in [0.2, 0.25) is 0 Å². The number of unbranched alkanes of at least 4 members (excludes halogenated alkanes) is 13. The number of nitrogens with zero attached hydrogens (tertiary/aromatic N) is 1. The molecule has 0 aliphatic carbocycles. The molecule has 0 aliphatic rings. The van der Waals surface area contributed by atoms with Gasteiger partial charge in [-0.2, -0.15) is 0 Å². The summed E-state index contributed by atoms with van der Waals surface area (Å²) in [5.74, 6) is 0. The molecule has 0 amide bonds. The second kappa shape index (κ2) is 21.5. The topological polar surface area (TPSA) is 3.24 Å². The third kappa shape index (κ3) is 23.4. The van der Waals surface area contributed by atoms with Crippen molar-refractivity contribution in [1.29, 1.82) is 0 Å². The maximum absolute atomic E-state index is 2.38. The Bertz CT molecular complexity index is 290. The van der Waals surface area contributed by atoms with Gasteiger partial charge >= 0.3 is 0 Å². The lowest BCUT2D eigenvalue weighted by Crippen LogP contribution is -2.12. The first kappa shape index (κ1) is 24.4. The lowest BCUT2D eigenvalue weighted by Gasteiger charge is -2.08. The van der Waals surface area contributed by atoms with E-state index in [9.17, 15) is 0 Å². The van der Waals surface area contributed by atoms with Gasteiger partial charge in [-0.15, -0.1) is 0 Å². The standard InChI is InChI=1S/C24H47N/c1-4-5-6-7-8-9-10-11-12-13-14-15-16-17-18-19-20-21-22-23-24-25(2)3/h8-9,11-12H,4-7,10,13-24H2,1-3H3/b9-8+,12-11+. The van der Waals surface area contributed by atoms with Gasteiger partial charge in [-0.1, -0.05) is 95.4 Å². The van der Waals surface area contributed by atoms with Crippen molar-refractivity contribution in [3.63, 3.8) is 0 Å². The van der Waals surface area contributed by atoms with Gasteiger partial charge in [0.25, 0.3) is 0 Å². The van der Waals surface area contributed by atoms with Crippen molar-refractivity contribution < 1.29 is 0 Å². The average Bonchev–Trinajstić information content (AvgIpc) is 2.60. The first-order valence-corrected chi connectivity index (χ1v) is 11.2. The third-order valence-corrected chi connectivity index (χ3v) is 4.81. The zero-order valence-corrected chi connectivity index (χ0v) is 17.8. The molecule has 0 aromatic carbocycles. The predicted molar refractivity (Wildman–Crippen MR) is 116 cm³/mol. The van der Waals surface area contributed by atoms with Crippen LogP contribution in [0.4, 0.5) is 0 Å². The monoisotopic (exact) mass is 349 g/mol. The van der Waals surface area contributed by atoms with E-state index < -0.39 is 0 Å². The fourth-order valence-corrected chi connectivity index (χ4v) is 3.12. The maximum Gasteiger partial charge on any atom is -0.00248 e. The highest BCUT2D eigenvalue weighted by molar-refractivity contribution is 4.92. The van der Waals surface area contributed by atoms with Gasteiger partial charge in [-0.25, -0.2) is 0 Å². The summed E-state index contributed by atoms with van der Waals surface area (Å²) in [6.07, 6.45) is 31.4. The molecule has 148 valence electrons. The van der Waals surface area contributed by atoms with Crippen molar-refractivity contribution in [3.05, 3.63) is 24.3 Å². The maximum atomic E-state index is 2.38. The Labute approximate surface area is 160 Å². The number of hydrogen-bond donors (Lipinski definition) is 0. The van der Waals surface area contributed by atoms with E-state index >= 15 is 0 Å². The fraction of sp³-hybridized carbons (Fsp3) is 0.833. The molecule has 25 heavy (non-hydrogen) atoms. The Morgan fingerprint density at radius 2 is 0.960 bits per heavy atom. The molecule has 1 heteroatoms. The van der Waals surface area contributed by atoms with E-state index in [1.165, 1.54) is 103 Å². The smallest absolute Gasteiger partial charge is 0.00248 e. The minimum absolute atomic E-state index is 1.13. The Balaban J connectivity index is 3.12. The zero-order valence-electron chi connectivity index (χ0n) is 17.8. The molecule has 0 heterocycles. The highest BCUT2D eigenvalue weighted by Gasteiger charge is 1.94. The largest absolute Gasteiger partial charge is 0.309 e. The van der Waals surface area contributed by atoms with E-state index in [-0.39, 0.29) is 0 Å². The summed E-state index contributed by atoms with van der Waals surface area (Å²) in [6, 6.07) is 0. The van der Waals surface area contributed by atoms with Gasteiger partial charge in [0.05, 0.1) is 0 Å². The summed E-state index contributed by atoms with van der Waals surface area (Å²) in [6.45, 7) is 3.52. The normalized spacial score (nSPS) is 12.2. The molecule has 0 bridgehead atoms. The number of allylic oxidation sites excluding steroid dienone is 4. The Morgan fingerprint density at radius 3 is 1.44 bits per heavy atom. The summed E-state index contributed by atoms with van der Waals surface area (Å²) in [5, 5.41) is 0. The Kier molecular flexibility index (Phi) is 21.0. The van der Waals surface area contributed by atoms with Crippen molar-refractivity contribution in [3.8, 4) is 0 Å². The van der Waals surface area contributed by atoms with Crippen LogP contribution in [0, 0.1) is 0 Å². The van der Waals surface area contributed by atoms with Crippen LogP contribution < -0.4 is 0 Å². The molecular weight excluding hydrogens is 302 g/mol. The van der Waals surface area contributed by atoms with Gasteiger partial charge in [0.1, 0.15) is 0 Å². The molecule has 0 spiro atoms. The van der Waals surface area contributed by atoms with Gasteiger partial charge in [0, 0.05) is 0 Å².